The number of nitrogens with one attached hydrogen (secondary N) is 2. The largest absolute Gasteiger partial charge is 0.391 e. The zero-order chi connectivity index (χ0) is 31.0. The first-order chi connectivity index (χ1) is 20.5. The molecule has 0 aliphatic carbocycles. The molecule has 228 valence electrons. The van der Waals surface area contributed by atoms with Crippen LogP contribution < -0.4 is 15.5 Å². The zero-order valence-corrected chi connectivity index (χ0v) is 25.8. The van der Waals surface area contributed by atoms with Crippen LogP contribution in [0.3, 0.4) is 0 Å². The van der Waals surface area contributed by atoms with Crippen molar-refractivity contribution in [2.24, 2.45) is 11.3 Å². The summed E-state index contributed by atoms with van der Waals surface area (Å²) in [6, 6.07) is 24.4. The van der Waals surface area contributed by atoms with Crippen molar-refractivity contribution in [3.63, 3.8) is 0 Å². The first-order valence-electron chi connectivity index (χ1n) is 15.3. The fourth-order valence-corrected chi connectivity index (χ4v) is 5.39. The molecule has 4 rings (SSSR count). The van der Waals surface area contributed by atoms with Crippen LogP contribution in [0.1, 0.15) is 69.3 Å². The second-order valence-corrected chi connectivity index (χ2v) is 12.9. The summed E-state index contributed by atoms with van der Waals surface area (Å²) in [6.45, 7) is 9.38. The molecule has 1 saturated heterocycles. The van der Waals surface area contributed by atoms with Crippen LogP contribution in [0.2, 0.25) is 0 Å². The molecule has 0 aromatic heterocycles. The Kier molecular flexibility index (Phi) is 10.8. The van der Waals surface area contributed by atoms with Gasteiger partial charge in [-0.05, 0) is 66.0 Å². The smallest absolute Gasteiger partial charge is 0.251 e. The van der Waals surface area contributed by atoms with Crippen molar-refractivity contribution in [1.29, 1.82) is 0 Å². The number of hydrogen-bond donors (Lipinski definition) is 3. The third kappa shape index (κ3) is 9.26. The zero-order valence-electron chi connectivity index (χ0n) is 25.8. The van der Waals surface area contributed by atoms with Crippen molar-refractivity contribution in [2.45, 2.75) is 71.9 Å². The van der Waals surface area contributed by atoms with Crippen LogP contribution in [0.5, 0.6) is 0 Å². The van der Waals surface area contributed by atoms with Crippen molar-refractivity contribution in [2.75, 3.05) is 18.0 Å². The highest BCUT2D eigenvalue weighted by molar-refractivity contribution is 6.00. The highest BCUT2D eigenvalue weighted by atomic mass is 16.3. The Morgan fingerprint density at radius 2 is 1.63 bits per heavy atom. The summed E-state index contributed by atoms with van der Waals surface area (Å²) in [5.41, 5.74) is 3.96. The van der Waals surface area contributed by atoms with Gasteiger partial charge in [0.25, 0.3) is 5.91 Å². The average molecular weight is 584 g/mol. The van der Waals surface area contributed by atoms with Crippen LogP contribution >= 0.6 is 0 Å². The molecule has 0 saturated carbocycles. The highest BCUT2D eigenvalue weighted by Crippen LogP contribution is 2.30. The van der Waals surface area contributed by atoms with Gasteiger partial charge in [-0.25, -0.2) is 0 Å². The van der Waals surface area contributed by atoms with E-state index in [9.17, 15) is 19.5 Å². The second kappa shape index (κ2) is 14.5. The van der Waals surface area contributed by atoms with Gasteiger partial charge >= 0.3 is 0 Å². The molecule has 43 heavy (non-hydrogen) atoms. The average Bonchev–Trinajstić information content (AvgIpc) is 3.42. The van der Waals surface area contributed by atoms with Gasteiger partial charge in [-0.1, -0.05) is 88.4 Å². The van der Waals surface area contributed by atoms with Crippen LogP contribution in [-0.4, -0.2) is 48.1 Å². The molecule has 0 bridgehead atoms. The first kappa shape index (κ1) is 32.0. The van der Waals surface area contributed by atoms with Crippen molar-refractivity contribution in [3.05, 3.63) is 90.0 Å². The van der Waals surface area contributed by atoms with E-state index in [4.69, 9.17) is 0 Å². The molecule has 1 aliphatic heterocycles. The Morgan fingerprint density at radius 1 is 0.953 bits per heavy atom. The van der Waals surface area contributed by atoms with Crippen LogP contribution in [0.25, 0.3) is 11.1 Å². The lowest BCUT2D eigenvalue weighted by atomic mass is 9.91. The van der Waals surface area contributed by atoms with Gasteiger partial charge in [-0.2, -0.15) is 0 Å². The number of aliphatic hydroxyl groups is 1. The summed E-state index contributed by atoms with van der Waals surface area (Å²) in [6.07, 6.45) is 1.78. The van der Waals surface area contributed by atoms with Gasteiger partial charge in [-0.3, -0.25) is 14.4 Å². The van der Waals surface area contributed by atoms with Gasteiger partial charge in [0.1, 0.15) is 0 Å². The number of anilines is 1. The van der Waals surface area contributed by atoms with E-state index in [-0.39, 0.29) is 29.6 Å². The molecule has 3 N–H and O–H groups in total. The molecule has 1 heterocycles. The Hall–Kier alpha value is -3.97. The highest BCUT2D eigenvalue weighted by Gasteiger charge is 2.28. The molecule has 1 fully saturated rings. The number of amides is 3. The van der Waals surface area contributed by atoms with Gasteiger partial charge in [0, 0.05) is 36.7 Å². The molecule has 0 radical (unpaired) electrons. The number of hydrogen-bond acceptors (Lipinski definition) is 4. The maximum absolute atomic E-state index is 13.8. The summed E-state index contributed by atoms with van der Waals surface area (Å²) < 4.78 is 0. The quantitative estimate of drug-likeness (QED) is 0.252. The summed E-state index contributed by atoms with van der Waals surface area (Å²) in [4.78, 5) is 41.0. The molecule has 3 unspecified atom stereocenters. The second-order valence-electron chi connectivity index (χ2n) is 12.9. The standard InChI is InChI=1S/C36H45N3O4/c1-25(34(42)37-18-17-36(2,3)4)20-32(40)31(21-26-12-7-5-8-13-26)38-35(43)29-22-28(27-14-9-6-10-15-27)23-30(24-29)39-19-11-16-33(39)41/h5-10,12-15,22-25,31-32,40H,11,16-21H2,1-4H3,(H,37,42)(H,38,43). The van der Waals surface area contributed by atoms with Crippen molar-refractivity contribution < 1.29 is 19.5 Å². The SMILES string of the molecule is CC(CC(O)C(Cc1ccccc1)NC(=O)c1cc(-c2ccccc2)cc(N2CCCC2=O)c1)C(=O)NCCC(C)(C)C. The third-order valence-electron chi connectivity index (χ3n) is 7.97. The summed E-state index contributed by atoms with van der Waals surface area (Å²) in [5.74, 6) is -0.834. The predicted molar refractivity (Wildman–Crippen MR) is 172 cm³/mol. The van der Waals surface area contributed by atoms with E-state index in [0.717, 1.165) is 29.5 Å². The minimum absolute atomic E-state index is 0.0451. The van der Waals surface area contributed by atoms with Crippen molar-refractivity contribution >= 4 is 23.4 Å². The minimum atomic E-state index is -0.954. The molecule has 0 spiro atoms. The summed E-state index contributed by atoms with van der Waals surface area (Å²) in [7, 11) is 0. The Morgan fingerprint density at radius 3 is 2.26 bits per heavy atom. The molecule has 3 aromatic rings. The lowest BCUT2D eigenvalue weighted by Crippen LogP contribution is -2.46. The summed E-state index contributed by atoms with van der Waals surface area (Å²) in [5, 5.41) is 17.4. The number of benzene rings is 3. The Bertz CT molecular complexity index is 1380. The number of carbonyl (C=O) groups is 3. The third-order valence-corrected chi connectivity index (χ3v) is 7.97. The molecule has 7 heteroatoms. The van der Waals surface area contributed by atoms with E-state index in [1.165, 1.54) is 0 Å². The lowest BCUT2D eigenvalue weighted by molar-refractivity contribution is -0.125. The van der Waals surface area contributed by atoms with E-state index >= 15 is 0 Å². The molecule has 3 atom stereocenters. The van der Waals surface area contributed by atoms with Crippen molar-refractivity contribution in [3.8, 4) is 11.1 Å². The topological polar surface area (TPSA) is 98.7 Å². The number of rotatable bonds is 12. The van der Waals surface area contributed by atoms with E-state index in [1.54, 1.807) is 17.9 Å². The monoisotopic (exact) mass is 583 g/mol. The Labute approximate surface area is 255 Å². The fourth-order valence-electron chi connectivity index (χ4n) is 5.39. The molecular formula is C36H45N3O4. The van der Waals surface area contributed by atoms with Crippen molar-refractivity contribution in [1.82, 2.24) is 10.6 Å². The number of aliphatic hydroxyl groups excluding tert-OH is 1. The number of carbonyl (C=O) groups excluding carboxylic acids is 3. The Balaban J connectivity index is 1.56. The van der Waals surface area contributed by atoms with Crippen LogP contribution in [-0.2, 0) is 16.0 Å². The van der Waals surface area contributed by atoms with Gasteiger partial charge in [-0.15, -0.1) is 0 Å². The van der Waals surface area contributed by atoms with E-state index in [0.29, 0.717) is 37.2 Å². The molecule has 1 aliphatic rings. The normalized spacial score (nSPS) is 15.6. The first-order valence-corrected chi connectivity index (χ1v) is 15.3. The summed E-state index contributed by atoms with van der Waals surface area (Å²) >= 11 is 0. The van der Waals surface area contributed by atoms with Gasteiger partial charge < -0.3 is 20.6 Å². The van der Waals surface area contributed by atoms with Gasteiger partial charge in [0.15, 0.2) is 0 Å². The van der Waals surface area contributed by atoms with Crippen LogP contribution in [0, 0.1) is 11.3 Å². The maximum Gasteiger partial charge on any atom is 0.251 e. The lowest BCUT2D eigenvalue weighted by Gasteiger charge is -2.27. The van der Waals surface area contributed by atoms with Gasteiger partial charge in [0.2, 0.25) is 11.8 Å². The van der Waals surface area contributed by atoms with Crippen LogP contribution in [0.15, 0.2) is 78.9 Å². The molecule has 3 aromatic carbocycles. The number of nitrogens with zero attached hydrogens (tertiary/aromatic N) is 1. The molecule has 7 nitrogen and oxygen atoms in total. The molecular weight excluding hydrogens is 538 g/mol. The van der Waals surface area contributed by atoms with E-state index in [1.807, 2.05) is 72.8 Å². The predicted octanol–water partition coefficient (Wildman–Crippen LogP) is 5.76. The minimum Gasteiger partial charge on any atom is -0.391 e. The maximum atomic E-state index is 13.8. The van der Waals surface area contributed by atoms with Gasteiger partial charge in [0.05, 0.1) is 12.1 Å². The molecule has 3 amide bonds. The van der Waals surface area contributed by atoms with Crippen LogP contribution in [0.4, 0.5) is 5.69 Å². The van der Waals surface area contributed by atoms with E-state index in [2.05, 4.69) is 31.4 Å². The van der Waals surface area contributed by atoms with E-state index < -0.39 is 18.1 Å². The fraction of sp³-hybridized carbons (Fsp3) is 0.417.